The molecule has 0 aliphatic rings. The predicted octanol–water partition coefficient (Wildman–Crippen LogP) is 1.81. The van der Waals surface area contributed by atoms with Crippen LogP contribution < -0.4 is 5.32 Å². The quantitative estimate of drug-likeness (QED) is 0.686. The Hall–Kier alpha value is -0.870. The number of nitrogens with one attached hydrogen (secondary N) is 1. The van der Waals surface area contributed by atoms with E-state index in [2.05, 4.69) is 30.3 Å². The van der Waals surface area contributed by atoms with Crippen molar-refractivity contribution in [1.82, 2.24) is 15.1 Å². The van der Waals surface area contributed by atoms with Crippen molar-refractivity contribution in [1.29, 1.82) is 0 Å². The lowest BCUT2D eigenvalue weighted by atomic mass is 10.3. The van der Waals surface area contributed by atoms with Gasteiger partial charge in [-0.2, -0.15) is 5.10 Å². The first-order chi connectivity index (χ1) is 7.72. The number of rotatable bonds is 8. The SMILES string of the molecule is CCOCCCn1ccc(CNC(C)C)n1. The minimum absolute atomic E-state index is 0.503. The number of nitrogens with zero attached hydrogens (tertiary/aromatic N) is 2. The first-order valence-corrected chi connectivity index (χ1v) is 6.05. The van der Waals surface area contributed by atoms with Crippen LogP contribution in [0.25, 0.3) is 0 Å². The van der Waals surface area contributed by atoms with Gasteiger partial charge in [-0.15, -0.1) is 0 Å². The number of hydrogen-bond acceptors (Lipinski definition) is 3. The monoisotopic (exact) mass is 225 g/mol. The second-order valence-electron chi connectivity index (χ2n) is 4.16. The molecule has 0 spiro atoms. The van der Waals surface area contributed by atoms with E-state index >= 15 is 0 Å². The Morgan fingerprint density at radius 1 is 1.50 bits per heavy atom. The van der Waals surface area contributed by atoms with Crippen LogP contribution in [0.2, 0.25) is 0 Å². The molecule has 1 N–H and O–H groups in total. The van der Waals surface area contributed by atoms with E-state index in [4.69, 9.17) is 4.74 Å². The standard InChI is InChI=1S/C12H23N3O/c1-4-16-9-5-7-15-8-6-12(14-15)10-13-11(2)3/h6,8,11,13H,4-5,7,9-10H2,1-3H3. The number of ether oxygens (including phenoxy) is 1. The van der Waals surface area contributed by atoms with Crippen LogP contribution in [0.3, 0.4) is 0 Å². The van der Waals surface area contributed by atoms with E-state index < -0.39 is 0 Å². The van der Waals surface area contributed by atoms with Crippen molar-refractivity contribution < 1.29 is 4.74 Å². The van der Waals surface area contributed by atoms with Crippen LogP contribution in [-0.2, 0) is 17.8 Å². The predicted molar refractivity (Wildman–Crippen MR) is 65.3 cm³/mol. The minimum Gasteiger partial charge on any atom is -0.382 e. The smallest absolute Gasteiger partial charge is 0.0762 e. The first kappa shape index (κ1) is 13.2. The topological polar surface area (TPSA) is 39.1 Å². The number of aryl methyl sites for hydroxylation is 1. The lowest BCUT2D eigenvalue weighted by molar-refractivity contribution is 0.140. The van der Waals surface area contributed by atoms with Crippen LogP contribution in [0.15, 0.2) is 12.3 Å². The molecule has 1 aromatic heterocycles. The maximum atomic E-state index is 5.29. The van der Waals surface area contributed by atoms with Gasteiger partial charge in [0.05, 0.1) is 5.69 Å². The summed E-state index contributed by atoms with van der Waals surface area (Å²) in [4.78, 5) is 0. The zero-order valence-corrected chi connectivity index (χ0v) is 10.6. The van der Waals surface area contributed by atoms with Gasteiger partial charge < -0.3 is 10.1 Å². The summed E-state index contributed by atoms with van der Waals surface area (Å²) in [6, 6.07) is 2.57. The average molecular weight is 225 g/mol. The van der Waals surface area contributed by atoms with Crippen LogP contribution in [0.4, 0.5) is 0 Å². The van der Waals surface area contributed by atoms with Gasteiger partial charge in [0, 0.05) is 38.5 Å². The van der Waals surface area contributed by atoms with E-state index in [9.17, 15) is 0 Å². The summed E-state index contributed by atoms with van der Waals surface area (Å²) in [5.41, 5.74) is 1.10. The molecule has 4 heteroatoms. The van der Waals surface area contributed by atoms with Crippen LogP contribution in [0.1, 0.15) is 32.9 Å². The van der Waals surface area contributed by atoms with Gasteiger partial charge in [0.2, 0.25) is 0 Å². The Kier molecular flexibility index (Phi) is 6.11. The third kappa shape index (κ3) is 5.28. The summed E-state index contributed by atoms with van der Waals surface area (Å²) in [5, 5.41) is 7.83. The lowest BCUT2D eigenvalue weighted by Gasteiger charge is -2.05. The van der Waals surface area contributed by atoms with Gasteiger partial charge in [0.1, 0.15) is 0 Å². The Morgan fingerprint density at radius 2 is 2.31 bits per heavy atom. The summed E-state index contributed by atoms with van der Waals surface area (Å²) in [6.07, 6.45) is 3.05. The molecule has 0 saturated carbocycles. The largest absolute Gasteiger partial charge is 0.382 e. The molecule has 92 valence electrons. The molecule has 1 rings (SSSR count). The van der Waals surface area contributed by atoms with Crippen molar-refractivity contribution in [2.24, 2.45) is 0 Å². The Bertz CT molecular complexity index is 284. The molecule has 0 fully saturated rings. The summed E-state index contributed by atoms with van der Waals surface area (Å²) in [6.45, 7) is 9.68. The van der Waals surface area contributed by atoms with E-state index in [1.54, 1.807) is 0 Å². The zero-order valence-electron chi connectivity index (χ0n) is 10.6. The summed E-state index contributed by atoms with van der Waals surface area (Å²) in [7, 11) is 0. The number of aromatic nitrogens is 2. The molecule has 0 amide bonds. The zero-order chi connectivity index (χ0) is 11.8. The van der Waals surface area contributed by atoms with Gasteiger partial charge in [-0.3, -0.25) is 4.68 Å². The van der Waals surface area contributed by atoms with Gasteiger partial charge in [0.25, 0.3) is 0 Å². The first-order valence-electron chi connectivity index (χ1n) is 6.05. The fourth-order valence-corrected chi connectivity index (χ4v) is 1.40. The van der Waals surface area contributed by atoms with E-state index in [1.165, 1.54) is 0 Å². The van der Waals surface area contributed by atoms with Gasteiger partial charge in [-0.05, 0) is 19.4 Å². The maximum Gasteiger partial charge on any atom is 0.0762 e. The van der Waals surface area contributed by atoms with E-state index in [0.717, 1.165) is 38.4 Å². The molecule has 0 atom stereocenters. The Morgan fingerprint density at radius 3 is 3.00 bits per heavy atom. The van der Waals surface area contributed by atoms with Gasteiger partial charge in [-0.25, -0.2) is 0 Å². The van der Waals surface area contributed by atoms with Crippen molar-refractivity contribution in [3.05, 3.63) is 18.0 Å². The molecule has 0 radical (unpaired) electrons. The molecule has 0 bridgehead atoms. The van der Waals surface area contributed by atoms with Crippen molar-refractivity contribution in [2.75, 3.05) is 13.2 Å². The highest BCUT2D eigenvalue weighted by Gasteiger charge is 1.99. The molecule has 4 nitrogen and oxygen atoms in total. The lowest BCUT2D eigenvalue weighted by Crippen LogP contribution is -2.22. The number of hydrogen-bond donors (Lipinski definition) is 1. The van der Waals surface area contributed by atoms with Crippen LogP contribution in [-0.4, -0.2) is 29.0 Å². The Labute approximate surface area is 98.0 Å². The van der Waals surface area contributed by atoms with Crippen molar-refractivity contribution in [2.45, 2.75) is 46.3 Å². The highest BCUT2D eigenvalue weighted by atomic mass is 16.5. The second kappa shape index (κ2) is 7.41. The van der Waals surface area contributed by atoms with Crippen molar-refractivity contribution >= 4 is 0 Å². The average Bonchev–Trinajstić information content (AvgIpc) is 2.70. The molecular weight excluding hydrogens is 202 g/mol. The van der Waals surface area contributed by atoms with E-state index in [-0.39, 0.29) is 0 Å². The molecule has 1 aromatic rings. The molecule has 0 aromatic carbocycles. The Balaban J connectivity index is 2.22. The fraction of sp³-hybridized carbons (Fsp3) is 0.750. The third-order valence-electron chi connectivity index (χ3n) is 2.27. The normalized spacial score (nSPS) is 11.2. The van der Waals surface area contributed by atoms with Crippen molar-refractivity contribution in [3.63, 3.8) is 0 Å². The third-order valence-corrected chi connectivity index (χ3v) is 2.27. The highest BCUT2D eigenvalue weighted by Crippen LogP contribution is 1.97. The van der Waals surface area contributed by atoms with Crippen molar-refractivity contribution in [3.8, 4) is 0 Å². The minimum atomic E-state index is 0.503. The van der Waals surface area contributed by atoms with Gasteiger partial charge in [-0.1, -0.05) is 13.8 Å². The molecule has 0 aliphatic carbocycles. The summed E-state index contributed by atoms with van der Waals surface area (Å²) < 4.78 is 7.27. The maximum absolute atomic E-state index is 5.29. The van der Waals surface area contributed by atoms with E-state index in [0.29, 0.717) is 6.04 Å². The summed E-state index contributed by atoms with van der Waals surface area (Å²) >= 11 is 0. The van der Waals surface area contributed by atoms with Gasteiger partial charge >= 0.3 is 0 Å². The molecular formula is C12H23N3O. The summed E-state index contributed by atoms with van der Waals surface area (Å²) in [5.74, 6) is 0. The van der Waals surface area contributed by atoms with E-state index in [1.807, 2.05) is 17.8 Å². The van der Waals surface area contributed by atoms with Gasteiger partial charge in [0.15, 0.2) is 0 Å². The highest BCUT2D eigenvalue weighted by molar-refractivity contribution is 4.98. The van der Waals surface area contributed by atoms with Crippen LogP contribution in [0.5, 0.6) is 0 Å². The molecule has 0 saturated heterocycles. The molecule has 0 unspecified atom stereocenters. The molecule has 1 heterocycles. The molecule has 0 aliphatic heterocycles. The van der Waals surface area contributed by atoms with Crippen LogP contribution >= 0.6 is 0 Å². The van der Waals surface area contributed by atoms with Crippen LogP contribution in [0, 0.1) is 0 Å². The fourth-order valence-electron chi connectivity index (χ4n) is 1.40. The second-order valence-corrected chi connectivity index (χ2v) is 4.16. The molecule has 16 heavy (non-hydrogen) atoms.